The van der Waals surface area contributed by atoms with Crippen LogP contribution in [0.25, 0.3) is 6.08 Å². The van der Waals surface area contributed by atoms with E-state index in [-0.39, 0.29) is 0 Å². The van der Waals surface area contributed by atoms with E-state index in [4.69, 9.17) is 12.2 Å². The van der Waals surface area contributed by atoms with Crippen molar-refractivity contribution in [2.24, 2.45) is 0 Å². The molecule has 25 heavy (non-hydrogen) atoms. The normalized spacial score (nSPS) is 16.5. The average Bonchev–Trinajstić information content (AvgIpc) is 2.61. The van der Waals surface area contributed by atoms with Gasteiger partial charge in [-0.25, -0.2) is 8.42 Å². The highest BCUT2D eigenvalue weighted by Gasteiger charge is 2.26. The van der Waals surface area contributed by atoms with E-state index in [1.807, 2.05) is 35.2 Å². The zero-order valence-corrected chi connectivity index (χ0v) is 16.4. The van der Waals surface area contributed by atoms with Gasteiger partial charge < -0.3 is 15.1 Å². The van der Waals surface area contributed by atoms with Crippen molar-refractivity contribution in [1.82, 2.24) is 14.5 Å². The first-order valence-corrected chi connectivity index (χ1v) is 10.3. The van der Waals surface area contributed by atoms with Gasteiger partial charge in [0.2, 0.25) is 10.0 Å². The molecule has 1 aromatic carbocycles. The van der Waals surface area contributed by atoms with E-state index in [2.05, 4.69) is 19.4 Å². The Morgan fingerprint density at radius 2 is 1.84 bits per heavy atom. The lowest BCUT2D eigenvalue weighted by Gasteiger charge is -2.35. The van der Waals surface area contributed by atoms with Crippen LogP contribution in [0, 0.1) is 0 Å². The molecule has 6 nitrogen and oxygen atoms in total. The zero-order chi connectivity index (χ0) is 18.3. The first kappa shape index (κ1) is 19.8. The standard InChI is InChI=1S/C17H26N4O2S2/c1-19(2)10-9-18-17(24)20-11-13-21(14-12-20)25(22,23)15-8-16-6-4-3-5-7-16/h3-8,15H,9-14H2,1-2H3,(H,18,24)/p+1/b15-8+. The van der Waals surface area contributed by atoms with Crippen molar-refractivity contribution in [1.29, 1.82) is 0 Å². The molecule has 1 heterocycles. The van der Waals surface area contributed by atoms with Gasteiger partial charge in [-0.3, -0.25) is 0 Å². The number of sulfonamides is 1. The number of hydrogen-bond acceptors (Lipinski definition) is 3. The Kier molecular flexibility index (Phi) is 7.37. The van der Waals surface area contributed by atoms with Crippen LogP contribution in [0.4, 0.5) is 0 Å². The van der Waals surface area contributed by atoms with Crippen molar-refractivity contribution in [2.75, 3.05) is 53.4 Å². The third-order valence-corrected chi connectivity index (χ3v) is 5.99. The molecular formula is C17H27N4O2S2+. The summed E-state index contributed by atoms with van der Waals surface area (Å²) in [5, 5.41) is 5.23. The SMILES string of the molecule is C[NH+](C)CCNC(=S)N1CCN(S(=O)(=O)/C=C/c2ccccc2)CC1. The summed E-state index contributed by atoms with van der Waals surface area (Å²) in [5.41, 5.74) is 0.873. The second kappa shape index (κ2) is 9.28. The Balaban J connectivity index is 1.84. The number of nitrogens with zero attached hydrogens (tertiary/aromatic N) is 2. The fourth-order valence-corrected chi connectivity index (χ4v) is 3.95. The van der Waals surface area contributed by atoms with E-state index in [1.165, 1.54) is 14.6 Å². The summed E-state index contributed by atoms with van der Waals surface area (Å²) in [7, 11) is 0.789. The van der Waals surface area contributed by atoms with E-state index in [0.29, 0.717) is 31.3 Å². The van der Waals surface area contributed by atoms with Crippen molar-refractivity contribution in [3.05, 3.63) is 41.3 Å². The minimum Gasteiger partial charge on any atom is -0.357 e. The molecule has 0 unspecified atom stereocenters. The molecule has 8 heteroatoms. The molecule has 0 bridgehead atoms. The number of hydrogen-bond donors (Lipinski definition) is 2. The number of quaternary nitrogens is 1. The van der Waals surface area contributed by atoms with Gasteiger partial charge >= 0.3 is 0 Å². The van der Waals surface area contributed by atoms with Crippen molar-refractivity contribution in [3.8, 4) is 0 Å². The van der Waals surface area contributed by atoms with E-state index in [9.17, 15) is 8.42 Å². The van der Waals surface area contributed by atoms with E-state index in [1.54, 1.807) is 6.08 Å². The summed E-state index contributed by atoms with van der Waals surface area (Å²) < 4.78 is 26.4. The molecule has 1 saturated heterocycles. The first-order chi connectivity index (χ1) is 11.9. The molecule has 0 radical (unpaired) electrons. The molecule has 2 rings (SSSR count). The number of likely N-dealkylation sites (N-methyl/N-ethyl adjacent to an activating group) is 1. The van der Waals surface area contributed by atoms with Gasteiger partial charge in [-0.2, -0.15) is 4.31 Å². The number of benzene rings is 1. The maximum atomic E-state index is 12.5. The molecule has 0 atom stereocenters. The van der Waals surface area contributed by atoms with Crippen LogP contribution in [0.1, 0.15) is 5.56 Å². The summed E-state index contributed by atoms with van der Waals surface area (Å²) in [4.78, 5) is 3.39. The summed E-state index contributed by atoms with van der Waals surface area (Å²) in [6, 6.07) is 9.43. The van der Waals surface area contributed by atoms with Crippen LogP contribution in [-0.2, 0) is 10.0 Å². The van der Waals surface area contributed by atoms with Crippen LogP contribution < -0.4 is 10.2 Å². The molecule has 2 N–H and O–H groups in total. The molecule has 1 aliphatic rings. The van der Waals surface area contributed by atoms with Gasteiger partial charge in [-0.1, -0.05) is 30.3 Å². The Hall–Kier alpha value is -1.48. The number of piperazine rings is 1. The van der Waals surface area contributed by atoms with Crippen LogP contribution in [0.15, 0.2) is 35.7 Å². The first-order valence-electron chi connectivity index (χ1n) is 8.43. The van der Waals surface area contributed by atoms with Crippen LogP contribution >= 0.6 is 12.2 Å². The van der Waals surface area contributed by atoms with Crippen molar-refractivity contribution in [3.63, 3.8) is 0 Å². The summed E-state index contributed by atoms with van der Waals surface area (Å²) >= 11 is 5.40. The lowest BCUT2D eigenvalue weighted by molar-refractivity contribution is -0.856. The molecule has 0 spiro atoms. The Morgan fingerprint density at radius 1 is 1.20 bits per heavy atom. The molecule has 138 valence electrons. The van der Waals surface area contributed by atoms with E-state index < -0.39 is 10.0 Å². The van der Waals surface area contributed by atoms with Crippen LogP contribution in [0.2, 0.25) is 0 Å². The highest BCUT2D eigenvalue weighted by Crippen LogP contribution is 2.11. The fraction of sp³-hybridized carbons (Fsp3) is 0.471. The summed E-state index contributed by atoms with van der Waals surface area (Å²) in [6.45, 7) is 3.92. The molecule has 1 aromatic rings. The fourth-order valence-electron chi connectivity index (χ4n) is 2.49. The van der Waals surface area contributed by atoms with Crippen LogP contribution in [0.5, 0.6) is 0 Å². The molecule has 0 aliphatic carbocycles. The van der Waals surface area contributed by atoms with Gasteiger partial charge in [-0.15, -0.1) is 0 Å². The third-order valence-electron chi connectivity index (χ3n) is 4.02. The summed E-state index contributed by atoms with van der Waals surface area (Å²) in [6.07, 6.45) is 1.64. The van der Waals surface area contributed by atoms with E-state index in [0.717, 1.165) is 18.7 Å². The zero-order valence-electron chi connectivity index (χ0n) is 14.8. The number of rotatable bonds is 6. The second-order valence-corrected chi connectivity index (χ2v) is 8.54. The minimum atomic E-state index is -3.40. The van der Waals surface area contributed by atoms with Crippen molar-refractivity contribution < 1.29 is 13.3 Å². The minimum absolute atomic E-state index is 0.447. The predicted molar refractivity (Wildman–Crippen MR) is 106 cm³/mol. The lowest BCUT2D eigenvalue weighted by atomic mass is 10.2. The highest BCUT2D eigenvalue weighted by molar-refractivity contribution is 7.92. The molecule has 0 saturated carbocycles. The monoisotopic (exact) mass is 383 g/mol. The van der Waals surface area contributed by atoms with Gasteiger partial charge in [0.15, 0.2) is 5.11 Å². The van der Waals surface area contributed by atoms with Gasteiger partial charge in [-0.05, 0) is 23.9 Å². The second-order valence-electron chi connectivity index (χ2n) is 6.33. The molecule has 0 amide bonds. The predicted octanol–water partition coefficient (Wildman–Crippen LogP) is -0.376. The van der Waals surface area contributed by atoms with Gasteiger partial charge in [0.1, 0.15) is 0 Å². The van der Waals surface area contributed by atoms with Crippen molar-refractivity contribution in [2.45, 2.75) is 0 Å². The van der Waals surface area contributed by atoms with Gasteiger partial charge in [0.05, 0.1) is 27.2 Å². The Morgan fingerprint density at radius 3 is 2.44 bits per heavy atom. The van der Waals surface area contributed by atoms with Gasteiger partial charge in [0.25, 0.3) is 0 Å². The summed E-state index contributed by atoms with van der Waals surface area (Å²) in [5.74, 6) is 0. The molecule has 0 aromatic heterocycles. The molecule has 1 aliphatic heterocycles. The molecule has 1 fully saturated rings. The largest absolute Gasteiger partial charge is 0.357 e. The number of thiocarbonyl (C=S) groups is 1. The maximum Gasteiger partial charge on any atom is 0.236 e. The average molecular weight is 384 g/mol. The topological polar surface area (TPSA) is 57.1 Å². The quantitative estimate of drug-likeness (QED) is 0.656. The number of nitrogens with one attached hydrogen (secondary N) is 2. The Bertz CT molecular complexity index is 682. The highest BCUT2D eigenvalue weighted by atomic mass is 32.2. The third kappa shape index (κ3) is 6.39. The Labute approximate surface area is 156 Å². The van der Waals surface area contributed by atoms with Crippen molar-refractivity contribution >= 4 is 33.4 Å². The maximum absolute atomic E-state index is 12.5. The van der Waals surface area contributed by atoms with Gasteiger partial charge in [0, 0.05) is 31.6 Å². The van der Waals surface area contributed by atoms with E-state index >= 15 is 0 Å². The smallest absolute Gasteiger partial charge is 0.236 e. The molecular weight excluding hydrogens is 356 g/mol. The van der Waals surface area contributed by atoms with Crippen LogP contribution in [-0.4, -0.2) is 76.1 Å². The lowest BCUT2D eigenvalue weighted by Crippen LogP contribution is -3.06. The van der Waals surface area contributed by atoms with Crippen LogP contribution in [0.3, 0.4) is 0 Å².